The van der Waals surface area contributed by atoms with Crippen LogP contribution in [0.2, 0.25) is 0 Å². The Morgan fingerprint density at radius 2 is 1.34 bits per heavy atom. The van der Waals surface area contributed by atoms with Crippen LogP contribution in [0, 0.1) is 10.2 Å². The van der Waals surface area contributed by atoms with Crippen LogP contribution in [0.15, 0.2) is 60.7 Å². The fourth-order valence-corrected chi connectivity index (χ4v) is 5.01. The van der Waals surface area contributed by atoms with Gasteiger partial charge in [0.1, 0.15) is 26.2 Å². The van der Waals surface area contributed by atoms with E-state index >= 15 is 0 Å². The molecular weight excluding hydrogens is 421 g/mol. The normalized spacial score (nSPS) is 16.6. The van der Waals surface area contributed by atoms with Gasteiger partial charge in [0.05, 0.1) is 20.3 Å². The van der Waals surface area contributed by atoms with E-state index in [0.29, 0.717) is 6.61 Å². The Bertz CT molecular complexity index is 731. The van der Waals surface area contributed by atoms with E-state index < -0.39 is 17.6 Å². The van der Waals surface area contributed by atoms with Gasteiger partial charge in [0.25, 0.3) is 7.37 Å². The van der Waals surface area contributed by atoms with Gasteiger partial charge in [-0.25, -0.2) is 18.6 Å². The molecule has 3 rings (SSSR count). The van der Waals surface area contributed by atoms with Crippen molar-refractivity contribution in [2.75, 3.05) is 46.5 Å². The smallest absolute Gasteiger partial charge is 0.261 e. The fraction of sp³-hybridized carbons (Fsp3) is 0.368. The molecular formula is C19H25ClNO7P. The van der Waals surface area contributed by atoms with Crippen LogP contribution < -0.4 is 29.2 Å². The number of quaternary nitrogens is 1. The zero-order valence-corrected chi connectivity index (χ0v) is 17.8. The summed E-state index contributed by atoms with van der Waals surface area (Å²) < 4.78 is 60.1. The van der Waals surface area contributed by atoms with Gasteiger partial charge in [0.2, 0.25) is 0 Å². The molecule has 8 nitrogen and oxygen atoms in total. The molecule has 2 aromatic carbocycles. The Labute approximate surface area is 172 Å². The second-order valence-electron chi connectivity index (χ2n) is 6.84. The van der Waals surface area contributed by atoms with Gasteiger partial charge in [-0.05, 0) is 24.3 Å². The predicted molar refractivity (Wildman–Crippen MR) is 97.3 cm³/mol. The summed E-state index contributed by atoms with van der Waals surface area (Å²) in [4.78, 5) is 0. The van der Waals surface area contributed by atoms with Gasteiger partial charge in [0.15, 0.2) is 0 Å². The lowest BCUT2D eigenvalue weighted by Gasteiger charge is -2.37. The second kappa shape index (κ2) is 10.6. The third-order valence-electron chi connectivity index (χ3n) is 4.65. The van der Waals surface area contributed by atoms with Crippen molar-refractivity contribution in [3.05, 3.63) is 60.7 Å². The summed E-state index contributed by atoms with van der Waals surface area (Å²) in [6.45, 7) is 4.83. The number of halogens is 1. The first kappa shape index (κ1) is 24.0. The number of rotatable bonds is 6. The summed E-state index contributed by atoms with van der Waals surface area (Å²) in [5.74, 6) is 0. The average molecular weight is 446 g/mol. The lowest BCUT2D eigenvalue weighted by Crippen LogP contribution is -2.68. The van der Waals surface area contributed by atoms with Crippen molar-refractivity contribution in [3.63, 3.8) is 0 Å². The molecule has 0 atom stereocenters. The molecule has 0 amide bonds. The third-order valence-corrected chi connectivity index (χ3v) is 7.15. The van der Waals surface area contributed by atoms with E-state index in [4.69, 9.17) is 27.9 Å². The van der Waals surface area contributed by atoms with E-state index in [9.17, 15) is 4.57 Å². The number of likely N-dealkylation sites (N-methyl/N-ethyl adjacent to an activating group) is 1. The molecule has 0 spiro atoms. The Morgan fingerprint density at radius 1 is 0.931 bits per heavy atom. The maximum absolute atomic E-state index is 13.7. The van der Waals surface area contributed by atoms with Gasteiger partial charge in [-0.15, -0.1) is 10.2 Å². The highest BCUT2D eigenvalue weighted by Gasteiger charge is 2.31. The lowest BCUT2D eigenvalue weighted by molar-refractivity contribution is -2.00. The van der Waals surface area contributed by atoms with Crippen molar-refractivity contribution in [3.8, 4) is 0 Å². The molecule has 0 bridgehead atoms. The van der Waals surface area contributed by atoms with Gasteiger partial charge in [-0.1, -0.05) is 36.4 Å². The summed E-state index contributed by atoms with van der Waals surface area (Å²) >= 11 is 0. The third kappa shape index (κ3) is 8.14. The maximum atomic E-state index is 13.7. The van der Waals surface area contributed by atoms with Crippen LogP contribution in [0.1, 0.15) is 0 Å². The second-order valence-corrected chi connectivity index (χ2v) is 9.99. The molecule has 1 saturated heterocycles. The number of ether oxygens (including phenoxy) is 1. The first-order chi connectivity index (χ1) is 13.6. The molecule has 1 aliphatic rings. The van der Waals surface area contributed by atoms with Crippen LogP contribution >= 0.6 is 7.37 Å². The van der Waals surface area contributed by atoms with Gasteiger partial charge in [0, 0.05) is 10.6 Å². The van der Waals surface area contributed by atoms with Crippen molar-refractivity contribution in [1.29, 1.82) is 0 Å². The van der Waals surface area contributed by atoms with Crippen LogP contribution in [-0.4, -0.2) is 51.0 Å². The monoisotopic (exact) mass is 445 g/mol. The Hall–Kier alpha value is -1.32. The van der Waals surface area contributed by atoms with E-state index in [2.05, 4.69) is 7.05 Å². The van der Waals surface area contributed by atoms with E-state index in [1.807, 2.05) is 60.7 Å². The van der Waals surface area contributed by atoms with Gasteiger partial charge >= 0.3 is 0 Å². The molecule has 160 valence electrons. The summed E-state index contributed by atoms with van der Waals surface area (Å²) in [5, 5.41) is 1.50. The van der Waals surface area contributed by atoms with Crippen molar-refractivity contribution in [2.24, 2.45) is 0 Å². The van der Waals surface area contributed by atoms with Crippen molar-refractivity contribution >= 4 is 18.0 Å². The number of morpholine rings is 1. The number of hydrogen-bond acceptors (Lipinski definition) is 7. The van der Waals surface area contributed by atoms with E-state index in [-0.39, 0.29) is 0 Å². The van der Waals surface area contributed by atoms with Crippen LogP contribution in [-0.2, 0) is 13.8 Å². The summed E-state index contributed by atoms with van der Waals surface area (Å²) in [7, 11) is -5.80. The summed E-state index contributed by atoms with van der Waals surface area (Å²) in [5.41, 5.74) is 0. The molecule has 10 heteroatoms. The molecule has 2 aromatic rings. The number of nitrogens with zero attached hydrogens (tertiary/aromatic N) is 1. The SMILES string of the molecule is C[N+]1(CCOP(=O)(c2ccccc2)c2ccccc2)CCOCC1.[O-][Cl+3]([O-])([O-])[O-]. The highest BCUT2D eigenvalue weighted by Crippen LogP contribution is 2.44. The molecule has 0 N–H and O–H groups in total. The van der Waals surface area contributed by atoms with Crippen LogP contribution in [0.5, 0.6) is 0 Å². The van der Waals surface area contributed by atoms with Crippen LogP contribution in [0.25, 0.3) is 0 Å². The van der Waals surface area contributed by atoms with E-state index in [1.165, 1.54) is 0 Å². The van der Waals surface area contributed by atoms with Crippen LogP contribution in [0.4, 0.5) is 0 Å². The minimum Gasteiger partial charge on any atom is -0.370 e. The van der Waals surface area contributed by atoms with Crippen molar-refractivity contribution in [1.82, 2.24) is 0 Å². The molecule has 0 unspecified atom stereocenters. The largest absolute Gasteiger partial charge is 0.370 e. The fourth-order valence-electron chi connectivity index (χ4n) is 2.94. The molecule has 0 radical (unpaired) electrons. The molecule has 1 heterocycles. The minimum atomic E-state index is -4.94. The summed E-state index contributed by atoms with van der Waals surface area (Å²) in [6, 6.07) is 19.0. The van der Waals surface area contributed by atoms with E-state index in [1.54, 1.807) is 0 Å². The topological polar surface area (TPSA) is 128 Å². The highest BCUT2D eigenvalue weighted by atomic mass is 35.7. The first-order valence-corrected chi connectivity index (χ1v) is 11.9. The quantitative estimate of drug-likeness (QED) is 0.360. The summed E-state index contributed by atoms with van der Waals surface area (Å²) in [6.07, 6.45) is 0. The molecule has 1 aliphatic heterocycles. The predicted octanol–water partition coefficient (Wildman–Crippen LogP) is -2.35. The minimum absolute atomic E-state index is 0.470. The lowest BCUT2D eigenvalue weighted by atomic mass is 10.3. The highest BCUT2D eigenvalue weighted by molar-refractivity contribution is 7.74. The Kier molecular flexibility index (Phi) is 8.78. The average Bonchev–Trinajstić information content (AvgIpc) is 2.68. The number of benzene rings is 2. The number of hydrogen-bond donors (Lipinski definition) is 0. The van der Waals surface area contributed by atoms with Gasteiger partial charge in [-0.2, -0.15) is 0 Å². The standard InChI is InChI=1S/C19H25NO3P.ClHO4/c1-20(12-15-22-16-13-20)14-17-23-24(21,18-8-4-2-5-9-18)19-10-6-3-7-11-19;2-1(3,4)5/h2-11H,12-17H2,1H3;(H,2,3,4,5)/q+1;/p-1. The molecule has 0 aromatic heterocycles. The van der Waals surface area contributed by atoms with Gasteiger partial charge < -0.3 is 13.7 Å². The van der Waals surface area contributed by atoms with Crippen molar-refractivity contribution in [2.45, 2.75) is 0 Å². The molecule has 1 fully saturated rings. The zero-order chi connectivity index (χ0) is 21.4. The maximum Gasteiger partial charge on any atom is 0.261 e. The zero-order valence-electron chi connectivity index (χ0n) is 16.1. The van der Waals surface area contributed by atoms with Gasteiger partial charge in [-0.3, -0.25) is 4.57 Å². The molecule has 0 aliphatic carbocycles. The van der Waals surface area contributed by atoms with Crippen LogP contribution in [0.3, 0.4) is 0 Å². The Morgan fingerprint density at radius 3 is 1.76 bits per heavy atom. The molecule has 29 heavy (non-hydrogen) atoms. The van der Waals surface area contributed by atoms with Crippen molar-refractivity contribution < 1.29 is 47.2 Å². The van der Waals surface area contributed by atoms with E-state index in [0.717, 1.165) is 47.9 Å². The molecule has 0 saturated carbocycles. The Balaban J connectivity index is 0.000000537. The first-order valence-electron chi connectivity index (χ1n) is 9.01.